The molecule has 0 aliphatic carbocycles. The van der Waals surface area contributed by atoms with Gasteiger partial charge in [-0.05, 0) is 50.1 Å². The first-order valence-corrected chi connectivity index (χ1v) is 14.9. The Morgan fingerprint density at radius 1 is 1.05 bits per heavy atom. The van der Waals surface area contributed by atoms with Crippen LogP contribution in [-0.4, -0.2) is 61.9 Å². The van der Waals surface area contributed by atoms with Gasteiger partial charge in [-0.3, -0.25) is 14.4 Å². The van der Waals surface area contributed by atoms with Crippen molar-refractivity contribution in [3.8, 4) is 0 Å². The van der Waals surface area contributed by atoms with E-state index in [9.17, 15) is 22.8 Å². The molecule has 0 spiro atoms. The summed E-state index contributed by atoms with van der Waals surface area (Å²) in [5.74, 6) is -0.864. The zero-order valence-corrected chi connectivity index (χ0v) is 22.3. The average molecular weight is 541 g/mol. The average Bonchev–Trinajstić information content (AvgIpc) is 3.46. The Morgan fingerprint density at radius 3 is 2.43 bits per heavy atom. The second-order valence-corrected chi connectivity index (χ2v) is 12.8. The van der Waals surface area contributed by atoms with Gasteiger partial charge < -0.3 is 15.1 Å². The number of sulfone groups is 1. The highest BCUT2D eigenvalue weighted by atomic mass is 32.2. The molecule has 1 atom stereocenters. The fourth-order valence-corrected chi connectivity index (χ4v) is 6.49. The van der Waals surface area contributed by atoms with Crippen molar-refractivity contribution in [2.24, 2.45) is 11.8 Å². The lowest BCUT2D eigenvalue weighted by Gasteiger charge is -2.32. The summed E-state index contributed by atoms with van der Waals surface area (Å²) >= 11 is 1.23. The van der Waals surface area contributed by atoms with Crippen LogP contribution in [0.1, 0.15) is 24.8 Å². The van der Waals surface area contributed by atoms with Gasteiger partial charge in [0.25, 0.3) is 0 Å². The molecular weight excluding hydrogens is 512 g/mol. The number of aromatic nitrogens is 1. The van der Waals surface area contributed by atoms with E-state index in [-0.39, 0.29) is 40.9 Å². The summed E-state index contributed by atoms with van der Waals surface area (Å²) < 4.78 is 24.3. The largest absolute Gasteiger partial charge is 0.342 e. The van der Waals surface area contributed by atoms with E-state index < -0.39 is 9.84 Å². The number of anilines is 2. The third kappa shape index (κ3) is 5.37. The van der Waals surface area contributed by atoms with Crippen LogP contribution in [0.3, 0.4) is 0 Å². The highest BCUT2D eigenvalue weighted by Gasteiger charge is 2.38. The van der Waals surface area contributed by atoms with E-state index in [0.717, 1.165) is 17.5 Å². The molecule has 3 amide bonds. The Bertz CT molecular complexity index is 1470. The van der Waals surface area contributed by atoms with Crippen molar-refractivity contribution in [1.29, 1.82) is 0 Å². The lowest BCUT2D eigenvalue weighted by atomic mass is 9.94. The summed E-state index contributed by atoms with van der Waals surface area (Å²) in [5, 5.41) is 3.28. The molecule has 0 saturated carbocycles. The Hall–Kier alpha value is -3.31. The smallest absolute Gasteiger partial charge is 0.229 e. The maximum atomic E-state index is 13.1. The van der Waals surface area contributed by atoms with Crippen molar-refractivity contribution in [2.75, 3.05) is 36.1 Å². The summed E-state index contributed by atoms with van der Waals surface area (Å²) in [6, 6.07) is 12.4. The number of hydrogen-bond acceptors (Lipinski definition) is 7. The summed E-state index contributed by atoms with van der Waals surface area (Å²) in [6.45, 7) is 3.29. The van der Waals surface area contributed by atoms with Crippen molar-refractivity contribution in [1.82, 2.24) is 9.88 Å². The molecule has 2 aliphatic rings. The van der Waals surface area contributed by atoms with E-state index >= 15 is 0 Å². The number of likely N-dealkylation sites (tertiary alicyclic amines) is 1. The molecule has 0 radical (unpaired) electrons. The molecule has 1 N–H and O–H groups in total. The van der Waals surface area contributed by atoms with Crippen molar-refractivity contribution < 1.29 is 22.8 Å². The van der Waals surface area contributed by atoms with Crippen LogP contribution in [0.25, 0.3) is 10.2 Å². The molecule has 2 saturated heterocycles. The zero-order valence-electron chi connectivity index (χ0n) is 20.6. The third-order valence-electron chi connectivity index (χ3n) is 7.02. The summed E-state index contributed by atoms with van der Waals surface area (Å²) in [4.78, 5) is 46.6. The number of piperidine rings is 1. The topological polar surface area (TPSA) is 117 Å². The number of hydrogen-bond donors (Lipinski definition) is 1. The Balaban J connectivity index is 1.16. The first-order valence-electron chi connectivity index (χ1n) is 12.2. The number of amides is 3. The molecule has 2 aliphatic heterocycles. The number of carbonyl (C=O) groups is 3. The van der Waals surface area contributed by atoms with Gasteiger partial charge in [0.05, 0.1) is 21.0 Å². The second kappa shape index (κ2) is 9.86. The van der Waals surface area contributed by atoms with Gasteiger partial charge in [0.1, 0.15) is 0 Å². The van der Waals surface area contributed by atoms with Gasteiger partial charge in [0, 0.05) is 43.9 Å². The van der Waals surface area contributed by atoms with Crippen LogP contribution < -0.4 is 10.2 Å². The zero-order chi connectivity index (χ0) is 26.3. The maximum absolute atomic E-state index is 13.1. The van der Waals surface area contributed by atoms with Gasteiger partial charge in [0.2, 0.25) is 17.7 Å². The Labute approximate surface area is 219 Å². The Morgan fingerprint density at radius 2 is 1.76 bits per heavy atom. The van der Waals surface area contributed by atoms with Gasteiger partial charge in [0.15, 0.2) is 15.0 Å². The summed E-state index contributed by atoms with van der Waals surface area (Å²) in [7, 11) is -3.33. The highest BCUT2D eigenvalue weighted by Crippen LogP contribution is 2.31. The van der Waals surface area contributed by atoms with Crippen molar-refractivity contribution in [3.63, 3.8) is 0 Å². The first kappa shape index (κ1) is 25.3. The molecule has 1 unspecified atom stereocenters. The van der Waals surface area contributed by atoms with Crippen LogP contribution in [0.5, 0.6) is 0 Å². The molecule has 3 aromatic rings. The molecule has 2 fully saturated rings. The predicted octanol–water partition coefficient (Wildman–Crippen LogP) is 3.24. The van der Waals surface area contributed by atoms with E-state index in [1.807, 2.05) is 31.2 Å². The standard InChI is InChI=1S/C26H28N4O5S2/c1-16-3-5-19(6-4-16)30-15-18(13-23(30)31)25(33)29-11-9-17(10-12-29)24(32)28-26-27-21-8-7-20(37(2,34)35)14-22(21)36-26/h3-8,14,17-18H,9-13,15H2,1-2H3,(H,27,28,32). The SMILES string of the molecule is Cc1ccc(N2CC(C(=O)N3CCC(C(=O)Nc4nc5ccc(S(C)(=O)=O)cc5s4)CC3)CC2=O)cc1. The maximum Gasteiger partial charge on any atom is 0.229 e. The molecule has 1 aromatic heterocycles. The van der Waals surface area contributed by atoms with E-state index in [1.54, 1.807) is 21.9 Å². The number of nitrogens with zero attached hydrogens (tertiary/aromatic N) is 3. The number of carbonyl (C=O) groups excluding carboxylic acids is 3. The van der Waals surface area contributed by atoms with Gasteiger partial charge in [-0.2, -0.15) is 0 Å². The normalized spacial score (nSPS) is 19.0. The molecule has 194 valence electrons. The molecule has 2 aromatic carbocycles. The van der Waals surface area contributed by atoms with Crippen LogP contribution in [0.4, 0.5) is 10.8 Å². The van der Waals surface area contributed by atoms with E-state index in [4.69, 9.17) is 0 Å². The van der Waals surface area contributed by atoms with Crippen LogP contribution in [-0.2, 0) is 24.2 Å². The van der Waals surface area contributed by atoms with Crippen LogP contribution in [0.2, 0.25) is 0 Å². The monoisotopic (exact) mass is 540 g/mol. The molecule has 9 nitrogen and oxygen atoms in total. The predicted molar refractivity (Wildman–Crippen MR) is 142 cm³/mol. The van der Waals surface area contributed by atoms with Crippen molar-refractivity contribution in [3.05, 3.63) is 48.0 Å². The fourth-order valence-electron chi connectivity index (χ4n) is 4.86. The minimum atomic E-state index is -3.33. The molecule has 3 heterocycles. The van der Waals surface area contributed by atoms with Crippen molar-refractivity contribution >= 4 is 59.9 Å². The van der Waals surface area contributed by atoms with Crippen LogP contribution in [0.15, 0.2) is 47.4 Å². The second-order valence-electron chi connectivity index (χ2n) is 9.75. The molecule has 5 rings (SSSR count). The summed E-state index contributed by atoms with van der Waals surface area (Å²) in [6.07, 6.45) is 2.41. The lowest BCUT2D eigenvalue weighted by Crippen LogP contribution is -2.44. The Kier molecular flexibility index (Phi) is 6.76. The minimum Gasteiger partial charge on any atom is -0.342 e. The van der Waals surface area contributed by atoms with E-state index in [0.29, 0.717) is 47.8 Å². The number of benzene rings is 2. The van der Waals surface area contributed by atoms with Gasteiger partial charge in [-0.1, -0.05) is 29.0 Å². The van der Waals surface area contributed by atoms with Gasteiger partial charge in [-0.25, -0.2) is 13.4 Å². The number of thiazole rings is 1. The molecule has 11 heteroatoms. The quantitative estimate of drug-likeness (QED) is 0.531. The first-order chi connectivity index (χ1) is 17.6. The third-order valence-corrected chi connectivity index (χ3v) is 9.06. The summed E-state index contributed by atoms with van der Waals surface area (Å²) in [5.41, 5.74) is 2.54. The number of nitrogens with one attached hydrogen (secondary N) is 1. The fraction of sp³-hybridized carbons (Fsp3) is 0.385. The van der Waals surface area contributed by atoms with E-state index in [2.05, 4.69) is 10.3 Å². The van der Waals surface area contributed by atoms with Gasteiger partial charge in [-0.15, -0.1) is 0 Å². The number of rotatable bonds is 5. The molecular formula is C26H28N4O5S2. The number of aryl methyl sites for hydroxylation is 1. The lowest BCUT2D eigenvalue weighted by molar-refractivity contribution is -0.138. The van der Waals surface area contributed by atoms with E-state index in [1.165, 1.54) is 17.4 Å². The van der Waals surface area contributed by atoms with Crippen molar-refractivity contribution in [2.45, 2.75) is 31.1 Å². The van der Waals surface area contributed by atoms with Crippen LogP contribution in [0, 0.1) is 18.8 Å². The van der Waals surface area contributed by atoms with Gasteiger partial charge >= 0.3 is 0 Å². The minimum absolute atomic E-state index is 0.0327. The molecule has 0 bridgehead atoms. The molecule has 37 heavy (non-hydrogen) atoms. The number of fused-ring (bicyclic) bond motifs is 1. The highest BCUT2D eigenvalue weighted by molar-refractivity contribution is 7.90. The van der Waals surface area contributed by atoms with Crippen LogP contribution >= 0.6 is 11.3 Å².